The summed E-state index contributed by atoms with van der Waals surface area (Å²) in [5.41, 5.74) is 8.48. The highest BCUT2D eigenvalue weighted by Crippen LogP contribution is 2.36. The number of thiophene rings is 1. The first kappa shape index (κ1) is 14.7. The Balaban J connectivity index is 2.00. The number of piperidine rings is 1. The van der Waals surface area contributed by atoms with Gasteiger partial charge in [0, 0.05) is 18.5 Å². The van der Waals surface area contributed by atoms with Crippen molar-refractivity contribution in [1.29, 1.82) is 5.26 Å². The van der Waals surface area contributed by atoms with Gasteiger partial charge in [0.25, 0.3) is 5.91 Å². The van der Waals surface area contributed by atoms with Crippen molar-refractivity contribution >= 4 is 33.1 Å². The minimum absolute atomic E-state index is 0.0860. The van der Waals surface area contributed by atoms with Crippen molar-refractivity contribution in [3.8, 4) is 6.07 Å². The average molecular weight is 315 g/mol. The maximum atomic E-state index is 12.7. The van der Waals surface area contributed by atoms with E-state index in [1.54, 1.807) is 4.90 Å². The zero-order chi connectivity index (χ0) is 15.9. The normalized spacial score (nSPS) is 18.4. The SMILES string of the molecule is Cc1nnc2sc(C(=O)N3CCCC(C#N)C3)c(N)c2c1C. The Hall–Kier alpha value is -2.20. The number of fused-ring (bicyclic) bond motifs is 1. The number of amides is 1. The molecule has 1 amide bonds. The van der Waals surface area contributed by atoms with Gasteiger partial charge in [0.05, 0.1) is 23.4 Å². The maximum absolute atomic E-state index is 12.7. The predicted octanol–water partition coefficient (Wildman–Crippen LogP) is 2.27. The van der Waals surface area contributed by atoms with Crippen LogP contribution >= 0.6 is 11.3 Å². The lowest BCUT2D eigenvalue weighted by Crippen LogP contribution is -2.39. The number of aromatic nitrogens is 2. The van der Waals surface area contributed by atoms with Crippen molar-refractivity contribution in [1.82, 2.24) is 15.1 Å². The molecule has 1 atom stereocenters. The third-order valence-corrected chi connectivity index (χ3v) is 5.30. The number of aryl methyl sites for hydroxylation is 2. The molecule has 0 aromatic carbocycles. The number of anilines is 1. The molecule has 114 valence electrons. The molecule has 0 bridgehead atoms. The highest BCUT2D eigenvalue weighted by Gasteiger charge is 2.28. The van der Waals surface area contributed by atoms with Gasteiger partial charge in [0.2, 0.25) is 0 Å². The molecule has 2 aromatic heterocycles. The van der Waals surface area contributed by atoms with E-state index in [2.05, 4.69) is 16.3 Å². The molecule has 0 spiro atoms. The van der Waals surface area contributed by atoms with Crippen LogP contribution in [0.2, 0.25) is 0 Å². The van der Waals surface area contributed by atoms with Crippen LogP contribution in [0.4, 0.5) is 5.69 Å². The molecule has 0 aliphatic carbocycles. The number of rotatable bonds is 1. The van der Waals surface area contributed by atoms with Crippen LogP contribution in [-0.2, 0) is 0 Å². The minimum atomic E-state index is -0.0995. The first-order chi connectivity index (χ1) is 10.5. The van der Waals surface area contributed by atoms with Gasteiger partial charge in [-0.2, -0.15) is 10.4 Å². The minimum Gasteiger partial charge on any atom is -0.397 e. The Morgan fingerprint density at radius 1 is 1.45 bits per heavy atom. The first-order valence-electron chi connectivity index (χ1n) is 7.23. The van der Waals surface area contributed by atoms with Crippen molar-refractivity contribution in [3.63, 3.8) is 0 Å². The van der Waals surface area contributed by atoms with Gasteiger partial charge in [-0.15, -0.1) is 16.4 Å². The van der Waals surface area contributed by atoms with Crippen LogP contribution in [0.15, 0.2) is 0 Å². The highest BCUT2D eigenvalue weighted by atomic mass is 32.1. The highest BCUT2D eigenvalue weighted by molar-refractivity contribution is 7.21. The lowest BCUT2D eigenvalue weighted by molar-refractivity contribution is 0.0705. The Morgan fingerprint density at radius 3 is 2.95 bits per heavy atom. The van der Waals surface area contributed by atoms with E-state index in [0.29, 0.717) is 28.5 Å². The summed E-state index contributed by atoms with van der Waals surface area (Å²) in [6.07, 6.45) is 1.71. The van der Waals surface area contributed by atoms with Crippen molar-refractivity contribution in [2.75, 3.05) is 18.8 Å². The Labute approximate surface area is 132 Å². The molecule has 6 nitrogen and oxygen atoms in total. The second kappa shape index (κ2) is 5.54. The lowest BCUT2D eigenvalue weighted by atomic mass is 9.99. The van der Waals surface area contributed by atoms with E-state index in [0.717, 1.165) is 29.5 Å². The van der Waals surface area contributed by atoms with Gasteiger partial charge >= 0.3 is 0 Å². The molecule has 1 aliphatic rings. The third kappa shape index (κ3) is 2.29. The van der Waals surface area contributed by atoms with Gasteiger partial charge in [0.15, 0.2) is 0 Å². The summed E-state index contributed by atoms with van der Waals surface area (Å²) in [5, 5.41) is 18.1. The van der Waals surface area contributed by atoms with Gasteiger partial charge in [0.1, 0.15) is 9.71 Å². The number of nitrogen functional groups attached to an aromatic ring is 1. The standard InChI is InChI=1S/C15H17N5OS/c1-8-9(2)18-19-14-11(8)12(17)13(22-14)15(21)20-5-3-4-10(6-16)7-20/h10H,3-5,7,17H2,1-2H3. The molecule has 3 rings (SSSR count). The summed E-state index contributed by atoms with van der Waals surface area (Å²) < 4.78 is 0. The lowest BCUT2D eigenvalue weighted by Gasteiger charge is -2.29. The molecular formula is C15H17N5OS. The fraction of sp³-hybridized carbons (Fsp3) is 0.467. The number of nitrogens with zero attached hydrogens (tertiary/aromatic N) is 4. The molecule has 7 heteroatoms. The fourth-order valence-electron chi connectivity index (χ4n) is 2.81. The Morgan fingerprint density at radius 2 is 2.23 bits per heavy atom. The Bertz CT molecular complexity index is 791. The second-order valence-corrected chi connectivity index (χ2v) is 6.65. The largest absolute Gasteiger partial charge is 0.397 e. The number of nitriles is 1. The molecule has 0 radical (unpaired) electrons. The first-order valence-corrected chi connectivity index (χ1v) is 8.05. The molecule has 0 saturated carbocycles. The fourth-order valence-corrected chi connectivity index (χ4v) is 3.88. The number of carbonyl (C=O) groups is 1. The molecule has 3 heterocycles. The van der Waals surface area contributed by atoms with Crippen LogP contribution in [-0.4, -0.2) is 34.1 Å². The summed E-state index contributed by atoms with van der Waals surface area (Å²) in [6, 6.07) is 2.25. The van der Waals surface area contributed by atoms with Crippen molar-refractivity contribution in [2.45, 2.75) is 26.7 Å². The van der Waals surface area contributed by atoms with Gasteiger partial charge in [-0.25, -0.2) is 0 Å². The molecule has 2 aromatic rings. The Kier molecular flexibility index (Phi) is 3.71. The second-order valence-electron chi connectivity index (χ2n) is 5.65. The van der Waals surface area contributed by atoms with Gasteiger partial charge in [-0.05, 0) is 32.3 Å². The van der Waals surface area contributed by atoms with Gasteiger partial charge in [-0.1, -0.05) is 0 Å². The van der Waals surface area contributed by atoms with E-state index >= 15 is 0 Å². The van der Waals surface area contributed by atoms with Gasteiger partial charge in [-0.3, -0.25) is 4.79 Å². The number of hydrogen-bond donors (Lipinski definition) is 1. The van der Waals surface area contributed by atoms with E-state index in [4.69, 9.17) is 11.0 Å². The average Bonchev–Trinajstić information content (AvgIpc) is 2.88. The number of carbonyl (C=O) groups excluding carboxylic acids is 1. The summed E-state index contributed by atoms with van der Waals surface area (Å²) in [7, 11) is 0. The zero-order valence-electron chi connectivity index (χ0n) is 12.6. The van der Waals surface area contributed by atoms with E-state index in [9.17, 15) is 4.79 Å². The monoisotopic (exact) mass is 315 g/mol. The van der Waals surface area contributed by atoms with Crippen LogP contribution in [0.1, 0.15) is 33.8 Å². The summed E-state index contributed by atoms with van der Waals surface area (Å²) in [6.45, 7) is 4.97. The van der Waals surface area contributed by atoms with Crippen LogP contribution in [0, 0.1) is 31.1 Å². The third-order valence-electron chi connectivity index (χ3n) is 4.22. The maximum Gasteiger partial charge on any atom is 0.266 e. The topological polar surface area (TPSA) is 95.9 Å². The van der Waals surface area contributed by atoms with E-state index in [1.165, 1.54) is 11.3 Å². The van der Waals surface area contributed by atoms with Gasteiger partial charge < -0.3 is 10.6 Å². The molecular weight excluding hydrogens is 298 g/mol. The quantitative estimate of drug-likeness (QED) is 0.870. The molecule has 1 unspecified atom stereocenters. The summed E-state index contributed by atoms with van der Waals surface area (Å²) in [4.78, 5) is 15.7. The molecule has 22 heavy (non-hydrogen) atoms. The predicted molar refractivity (Wildman–Crippen MR) is 85.5 cm³/mol. The number of nitrogens with two attached hydrogens (primary N) is 1. The molecule has 1 fully saturated rings. The van der Waals surface area contributed by atoms with Crippen molar-refractivity contribution < 1.29 is 4.79 Å². The van der Waals surface area contributed by atoms with Crippen LogP contribution in [0.25, 0.3) is 10.2 Å². The molecule has 1 aliphatic heterocycles. The zero-order valence-corrected chi connectivity index (χ0v) is 13.4. The summed E-state index contributed by atoms with van der Waals surface area (Å²) >= 11 is 1.28. The molecule has 1 saturated heterocycles. The van der Waals surface area contributed by atoms with E-state index in [1.807, 2.05) is 13.8 Å². The van der Waals surface area contributed by atoms with Crippen LogP contribution in [0.5, 0.6) is 0 Å². The van der Waals surface area contributed by atoms with E-state index in [-0.39, 0.29) is 11.8 Å². The number of hydrogen-bond acceptors (Lipinski definition) is 6. The smallest absolute Gasteiger partial charge is 0.266 e. The van der Waals surface area contributed by atoms with E-state index < -0.39 is 0 Å². The van der Waals surface area contributed by atoms with Crippen LogP contribution in [0.3, 0.4) is 0 Å². The van der Waals surface area contributed by atoms with Crippen molar-refractivity contribution in [3.05, 3.63) is 16.1 Å². The van der Waals surface area contributed by atoms with Crippen LogP contribution < -0.4 is 5.73 Å². The van der Waals surface area contributed by atoms with Crippen molar-refractivity contribution in [2.24, 2.45) is 5.92 Å². The number of likely N-dealkylation sites (tertiary alicyclic amines) is 1. The molecule has 2 N–H and O–H groups in total. The summed E-state index contributed by atoms with van der Waals surface area (Å²) in [5.74, 6) is -0.186.